The van der Waals surface area contributed by atoms with Gasteiger partial charge in [0.1, 0.15) is 5.75 Å². The van der Waals surface area contributed by atoms with E-state index in [1.807, 2.05) is 13.8 Å². The molecule has 1 aromatic rings. The minimum absolute atomic E-state index is 0. The van der Waals surface area contributed by atoms with Crippen LogP contribution in [-0.2, 0) is 0 Å². The van der Waals surface area contributed by atoms with E-state index < -0.39 is 12.7 Å². The number of hydrogen-bond acceptors (Lipinski definition) is 3. The highest BCUT2D eigenvalue weighted by Crippen LogP contribution is 2.17. The summed E-state index contributed by atoms with van der Waals surface area (Å²) in [7, 11) is 1.39. The van der Waals surface area contributed by atoms with Crippen molar-refractivity contribution in [2.45, 2.75) is 26.1 Å². The van der Waals surface area contributed by atoms with Crippen LogP contribution in [0, 0.1) is 0 Å². The average Bonchev–Trinajstić information content (AvgIpc) is 2.38. The fourth-order valence-electron chi connectivity index (χ4n) is 1.80. The molecule has 0 amide bonds. The molecule has 0 saturated carbocycles. The molecule has 5 nitrogen and oxygen atoms in total. The molecule has 0 aliphatic heterocycles. The van der Waals surface area contributed by atoms with E-state index in [1.54, 1.807) is 24.3 Å². The van der Waals surface area contributed by atoms with E-state index in [0.29, 0.717) is 0 Å². The van der Waals surface area contributed by atoms with Gasteiger partial charge in [-0.2, -0.15) is 13.2 Å². The molecule has 0 aromatic heterocycles. The normalized spacial score (nSPS) is 12.2. The van der Waals surface area contributed by atoms with Crippen molar-refractivity contribution < 1.29 is 17.9 Å². The van der Waals surface area contributed by atoms with Gasteiger partial charge >= 0.3 is 6.18 Å². The van der Waals surface area contributed by atoms with Crippen LogP contribution in [-0.4, -0.2) is 49.8 Å². The van der Waals surface area contributed by atoms with Gasteiger partial charge in [0.2, 0.25) is 0 Å². The second-order valence-electron chi connectivity index (χ2n) is 5.44. The fourth-order valence-corrected chi connectivity index (χ4v) is 1.80. The predicted octanol–water partition coefficient (Wildman–Crippen LogP) is 3.31. The van der Waals surface area contributed by atoms with Crippen LogP contribution >= 0.6 is 24.0 Å². The highest BCUT2D eigenvalue weighted by Gasteiger charge is 2.28. The largest absolute Gasteiger partial charge is 0.491 e. The number of alkyl halides is 3. The first-order valence-corrected chi connectivity index (χ1v) is 7.24. The molecule has 1 aromatic carbocycles. The molecule has 0 aliphatic carbocycles. The second-order valence-corrected chi connectivity index (χ2v) is 5.44. The number of ether oxygens (including phenoxy) is 1. The molecular weight excluding hydrogens is 436 g/mol. The molecule has 1 rings (SSSR count). The molecule has 0 aliphatic rings. The van der Waals surface area contributed by atoms with Gasteiger partial charge in [0.15, 0.2) is 5.96 Å². The number of hydrogen-bond donors (Lipinski definition) is 2. The Hall–Kier alpha value is -1.23. The maximum absolute atomic E-state index is 12.2. The van der Waals surface area contributed by atoms with Crippen LogP contribution < -0.4 is 15.8 Å². The van der Waals surface area contributed by atoms with Crippen molar-refractivity contribution in [2.24, 2.45) is 10.7 Å². The van der Waals surface area contributed by atoms with Crippen molar-refractivity contribution in [2.75, 3.05) is 32.0 Å². The summed E-state index contributed by atoms with van der Waals surface area (Å²) in [6.07, 6.45) is -4.11. The summed E-state index contributed by atoms with van der Waals surface area (Å²) in [5.41, 5.74) is 6.43. The van der Waals surface area contributed by atoms with Crippen molar-refractivity contribution in [3.05, 3.63) is 24.3 Å². The third kappa shape index (κ3) is 10.5. The lowest BCUT2D eigenvalue weighted by Crippen LogP contribution is -2.33. The number of nitrogens with zero attached hydrogens (tertiary/aromatic N) is 2. The van der Waals surface area contributed by atoms with Gasteiger partial charge in [-0.15, -0.1) is 24.0 Å². The van der Waals surface area contributed by atoms with Gasteiger partial charge in [0.05, 0.1) is 19.2 Å². The van der Waals surface area contributed by atoms with Crippen LogP contribution in [0.4, 0.5) is 18.9 Å². The average molecular weight is 460 g/mol. The number of guanidine groups is 1. The summed E-state index contributed by atoms with van der Waals surface area (Å²) in [4.78, 5) is 5.15. The lowest BCUT2D eigenvalue weighted by molar-refractivity contribution is -0.142. The van der Waals surface area contributed by atoms with Crippen molar-refractivity contribution in [3.63, 3.8) is 0 Å². The Morgan fingerprint density at radius 1 is 1.29 bits per heavy atom. The Kier molecular flexibility index (Phi) is 10.1. The standard InChI is InChI=1S/C15H23F3N4O.HI/c1-11(2)23-13-6-4-12(5-7-13)21-14(19)20-8-9-22(3)10-15(16,17)18;/h4-7,11H,8-10H2,1-3H3,(H3,19,20,21);1H. The molecule has 0 spiro atoms. The van der Waals surface area contributed by atoms with Gasteiger partial charge in [0, 0.05) is 12.2 Å². The van der Waals surface area contributed by atoms with Crippen LogP contribution in [0.1, 0.15) is 13.8 Å². The topological polar surface area (TPSA) is 62.9 Å². The number of likely N-dealkylation sites (N-methyl/N-ethyl adjacent to an activating group) is 1. The molecule has 9 heteroatoms. The molecule has 0 saturated heterocycles. The number of halogens is 4. The summed E-state index contributed by atoms with van der Waals surface area (Å²) in [5, 5.41) is 2.88. The smallest absolute Gasteiger partial charge is 0.401 e. The Labute approximate surface area is 157 Å². The molecule has 24 heavy (non-hydrogen) atoms. The minimum atomic E-state index is -4.21. The number of aliphatic imine (C=N–C) groups is 1. The Balaban J connectivity index is 0.00000529. The lowest BCUT2D eigenvalue weighted by Gasteiger charge is -2.17. The quantitative estimate of drug-likeness (QED) is 0.373. The van der Waals surface area contributed by atoms with E-state index in [1.165, 1.54) is 7.05 Å². The summed E-state index contributed by atoms with van der Waals surface area (Å²) in [5.74, 6) is 0.901. The van der Waals surface area contributed by atoms with Crippen LogP contribution in [0.2, 0.25) is 0 Å². The van der Waals surface area contributed by atoms with Gasteiger partial charge in [-0.3, -0.25) is 9.89 Å². The summed E-state index contributed by atoms with van der Waals surface area (Å²) < 4.78 is 42.0. The van der Waals surface area contributed by atoms with E-state index in [4.69, 9.17) is 10.5 Å². The zero-order chi connectivity index (χ0) is 17.5. The number of rotatable bonds is 7. The van der Waals surface area contributed by atoms with Crippen LogP contribution in [0.15, 0.2) is 29.3 Å². The van der Waals surface area contributed by atoms with Gasteiger partial charge in [-0.05, 0) is 45.2 Å². The van der Waals surface area contributed by atoms with Crippen LogP contribution in [0.3, 0.4) is 0 Å². The zero-order valence-corrected chi connectivity index (χ0v) is 16.3. The minimum Gasteiger partial charge on any atom is -0.491 e. The Bertz CT molecular complexity index is 506. The lowest BCUT2D eigenvalue weighted by atomic mass is 10.3. The highest BCUT2D eigenvalue weighted by atomic mass is 127. The first-order valence-electron chi connectivity index (χ1n) is 7.24. The molecule has 0 unspecified atom stereocenters. The fraction of sp³-hybridized carbons (Fsp3) is 0.533. The first kappa shape index (κ1) is 22.8. The number of nitrogens with one attached hydrogen (secondary N) is 1. The van der Waals surface area contributed by atoms with E-state index in [0.717, 1.165) is 16.3 Å². The third-order valence-electron chi connectivity index (χ3n) is 2.71. The predicted molar refractivity (Wildman–Crippen MR) is 101 cm³/mol. The maximum Gasteiger partial charge on any atom is 0.401 e. The Morgan fingerprint density at radius 3 is 2.38 bits per heavy atom. The van der Waals surface area contributed by atoms with Crippen molar-refractivity contribution in [1.29, 1.82) is 0 Å². The number of nitrogens with two attached hydrogens (primary N) is 1. The maximum atomic E-state index is 12.2. The first-order chi connectivity index (χ1) is 10.7. The van der Waals surface area contributed by atoms with Crippen molar-refractivity contribution in [1.82, 2.24) is 4.90 Å². The molecule has 0 radical (unpaired) electrons. The molecule has 0 fully saturated rings. The summed E-state index contributed by atoms with van der Waals surface area (Å²) in [6, 6.07) is 7.17. The van der Waals surface area contributed by atoms with E-state index in [-0.39, 0.29) is 49.1 Å². The number of benzene rings is 1. The Morgan fingerprint density at radius 2 is 1.88 bits per heavy atom. The summed E-state index contributed by atoms with van der Waals surface area (Å²) in [6.45, 7) is 3.26. The highest BCUT2D eigenvalue weighted by molar-refractivity contribution is 14.0. The van der Waals surface area contributed by atoms with Crippen LogP contribution in [0.5, 0.6) is 5.75 Å². The molecule has 138 valence electrons. The molecule has 0 heterocycles. The summed E-state index contributed by atoms with van der Waals surface area (Å²) >= 11 is 0. The number of anilines is 1. The monoisotopic (exact) mass is 460 g/mol. The van der Waals surface area contributed by atoms with E-state index >= 15 is 0 Å². The SMILES string of the molecule is CC(C)Oc1ccc(NC(N)=NCCN(C)CC(F)(F)F)cc1.I. The van der Waals surface area contributed by atoms with Crippen LogP contribution in [0.25, 0.3) is 0 Å². The van der Waals surface area contributed by atoms with Crippen molar-refractivity contribution in [3.8, 4) is 5.75 Å². The van der Waals surface area contributed by atoms with Gasteiger partial charge in [0.25, 0.3) is 0 Å². The third-order valence-corrected chi connectivity index (χ3v) is 2.71. The van der Waals surface area contributed by atoms with E-state index in [9.17, 15) is 13.2 Å². The molecule has 3 N–H and O–H groups in total. The molecular formula is C15H24F3IN4O. The zero-order valence-electron chi connectivity index (χ0n) is 13.9. The second kappa shape index (κ2) is 10.6. The molecule has 0 bridgehead atoms. The van der Waals surface area contributed by atoms with E-state index in [2.05, 4.69) is 10.3 Å². The van der Waals surface area contributed by atoms with Gasteiger partial charge in [-0.1, -0.05) is 0 Å². The van der Waals surface area contributed by atoms with Gasteiger partial charge in [-0.25, -0.2) is 0 Å². The van der Waals surface area contributed by atoms with Crippen molar-refractivity contribution >= 4 is 35.6 Å². The molecule has 0 atom stereocenters. The van der Waals surface area contributed by atoms with Gasteiger partial charge < -0.3 is 15.8 Å².